The van der Waals surface area contributed by atoms with E-state index in [-0.39, 0.29) is 113 Å². The Morgan fingerprint density at radius 2 is 0.579 bits per heavy atom. The van der Waals surface area contributed by atoms with Crippen LogP contribution >= 0.6 is 0 Å². The first-order chi connectivity index (χ1) is 4.00. The van der Waals surface area contributed by atoms with E-state index in [1.807, 2.05) is 0 Å². The van der Waals surface area contributed by atoms with E-state index in [0.717, 1.165) is 0 Å². The molecule has 18 N–H and O–H groups in total. The molecule has 0 saturated carbocycles. The molecule has 0 aliphatic rings. The van der Waals surface area contributed by atoms with Crippen molar-refractivity contribution in [1.82, 2.24) is 36.9 Å². The first kappa shape index (κ1) is 80.7. The minimum absolute atomic E-state index is 0. The monoisotopic (exact) mass is 431 g/mol. The quantitative estimate of drug-likeness (QED) is 0.194. The Labute approximate surface area is 177 Å². The summed E-state index contributed by atoms with van der Waals surface area (Å²) in [6.07, 6.45) is 0. The molecule has 0 amide bonds. The van der Waals surface area contributed by atoms with E-state index in [0.29, 0.717) is 0 Å². The van der Waals surface area contributed by atoms with Gasteiger partial charge in [-0.05, 0) is 22.4 Å². The van der Waals surface area contributed by atoms with Crippen LogP contribution in [0.15, 0.2) is 0 Å². The van der Waals surface area contributed by atoms with Crippen molar-refractivity contribution in [2.24, 2.45) is 0 Å². The summed E-state index contributed by atoms with van der Waals surface area (Å²) in [7, 11) is -8.67. The fourth-order valence-electron chi connectivity index (χ4n) is 0. The molecule has 0 aromatic heterocycles. The SMILES string of the molecule is N.N.N.N.N.N.O=S([O-])([O-])=S.O=S([O-])([O-])=S.[Co+2].[Na+].[Na+]. The molecule has 119 valence electrons. The molecule has 0 aromatic carbocycles. The molecule has 1 radical (unpaired) electrons. The third-order valence-electron chi connectivity index (χ3n) is 0. The molecule has 0 spiro atoms. The Morgan fingerprint density at radius 3 is 0.579 bits per heavy atom. The summed E-state index contributed by atoms with van der Waals surface area (Å²) in [5.41, 5.74) is 0. The number of hydrogen-bond acceptors (Lipinski definition) is 14. The summed E-state index contributed by atoms with van der Waals surface area (Å²) in [5, 5.41) is 0. The largest absolute Gasteiger partial charge is 2.00 e. The van der Waals surface area contributed by atoms with Crippen LogP contribution in [0.25, 0.3) is 0 Å². The van der Waals surface area contributed by atoms with E-state index in [1.54, 1.807) is 0 Å². The van der Waals surface area contributed by atoms with Gasteiger partial charge in [-0.2, -0.15) is 0 Å². The number of rotatable bonds is 0. The minimum atomic E-state index is -4.33. The molecule has 0 saturated heterocycles. The molecule has 0 atom stereocenters. The van der Waals surface area contributed by atoms with E-state index < -0.39 is 18.1 Å². The molecule has 0 heterocycles. The Hall–Kier alpha value is 2.85. The molecular formula is H18CoN6Na2O6S4. The average Bonchev–Trinajstić information content (AvgIpc) is 1.12. The Kier molecular flexibility index (Phi) is 158. The van der Waals surface area contributed by atoms with Crippen molar-refractivity contribution >= 4 is 40.5 Å². The molecule has 0 aliphatic carbocycles. The normalized spacial score (nSPS) is 6.11. The van der Waals surface area contributed by atoms with Crippen LogP contribution in [0.4, 0.5) is 0 Å². The fourth-order valence-corrected chi connectivity index (χ4v) is 0. The summed E-state index contributed by atoms with van der Waals surface area (Å²) in [6.45, 7) is 0. The van der Waals surface area contributed by atoms with Gasteiger partial charge in [0.1, 0.15) is 0 Å². The molecule has 0 rings (SSSR count). The van der Waals surface area contributed by atoms with Crippen molar-refractivity contribution in [2.75, 3.05) is 0 Å². The van der Waals surface area contributed by atoms with Gasteiger partial charge in [0.15, 0.2) is 0 Å². The van der Waals surface area contributed by atoms with E-state index >= 15 is 0 Å². The first-order valence-corrected chi connectivity index (χ1v) is 6.00. The fraction of sp³-hybridized carbons (Fsp3) is 0. The third kappa shape index (κ3) is 914. The summed E-state index contributed by atoms with van der Waals surface area (Å²) in [6, 6.07) is 0. The van der Waals surface area contributed by atoms with Gasteiger partial charge in [-0.3, -0.25) is 8.42 Å². The van der Waals surface area contributed by atoms with Crippen LogP contribution in [0, 0.1) is 0 Å². The maximum atomic E-state index is 8.89. The molecule has 0 fully saturated rings. The summed E-state index contributed by atoms with van der Waals surface area (Å²) < 4.78 is 53.3. The van der Waals surface area contributed by atoms with E-state index in [9.17, 15) is 0 Å². The zero-order valence-electron chi connectivity index (χ0n) is 10.7. The molecule has 19 heavy (non-hydrogen) atoms. The van der Waals surface area contributed by atoms with E-state index in [4.69, 9.17) is 26.6 Å². The van der Waals surface area contributed by atoms with Crippen LogP contribution < -0.4 is 96.0 Å². The van der Waals surface area contributed by atoms with Crippen molar-refractivity contribution in [2.45, 2.75) is 0 Å². The average molecular weight is 431 g/mol. The molecule has 0 bridgehead atoms. The van der Waals surface area contributed by atoms with Gasteiger partial charge in [0, 0.05) is 0 Å². The molecular weight excluding hydrogens is 413 g/mol. The van der Waals surface area contributed by atoms with Crippen molar-refractivity contribution in [3.63, 3.8) is 0 Å². The Morgan fingerprint density at radius 1 is 0.579 bits per heavy atom. The second-order valence-corrected chi connectivity index (χ2v) is 4.90. The van der Waals surface area contributed by atoms with Gasteiger partial charge >= 0.3 is 75.9 Å². The van der Waals surface area contributed by atoms with Crippen LogP contribution in [0.2, 0.25) is 0 Å². The third-order valence-corrected chi connectivity index (χ3v) is 0. The molecule has 0 unspecified atom stereocenters. The van der Waals surface area contributed by atoms with Gasteiger partial charge in [0.2, 0.25) is 0 Å². The summed E-state index contributed by atoms with van der Waals surface area (Å²) in [5.74, 6) is 0. The van der Waals surface area contributed by atoms with E-state index in [1.165, 1.54) is 0 Å². The Bertz CT molecular complexity index is 236. The summed E-state index contributed by atoms with van der Waals surface area (Å²) in [4.78, 5) is 0. The van der Waals surface area contributed by atoms with Crippen molar-refractivity contribution < 1.29 is 103 Å². The van der Waals surface area contributed by atoms with Crippen LogP contribution in [0.1, 0.15) is 0 Å². The van der Waals surface area contributed by atoms with Crippen molar-refractivity contribution in [1.29, 1.82) is 0 Å². The molecule has 0 aliphatic heterocycles. The second-order valence-electron chi connectivity index (χ2n) is 0.816. The van der Waals surface area contributed by atoms with Crippen molar-refractivity contribution in [3.8, 4) is 0 Å². The maximum Gasteiger partial charge on any atom is 2.00 e. The number of hydrogen-bond donors (Lipinski definition) is 6. The van der Waals surface area contributed by atoms with Gasteiger partial charge < -0.3 is 55.1 Å². The molecule has 12 nitrogen and oxygen atoms in total. The van der Waals surface area contributed by atoms with Gasteiger partial charge in [0.05, 0.1) is 0 Å². The zero-order valence-corrected chi connectivity index (χ0v) is 19.0. The predicted octanol–water partition coefficient (Wildman–Crippen LogP) is -7.04. The van der Waals surface area contributed by atoms with Gasteiger partial charge in [-0.15, -0.1) is 18.1 Å². The smallest absolute Gasteiger partial charge is 0.780 e. The maximum absolute atomic E-state index is 8.89. The van der Waals surface area contributed by atoms with Crippen molar-refractivity contribution in [3.05, 3.63) is 0 Å². The minimum Gasteiger partial charge on any atom is -0.780 e. The van der Waals surface area contributed by atoms with Crippen LogP contribution in [0.5, 0.6) is 0 Å². The second kappa shape index (κ2) is 37.3. The molecule has 0 aromatic rings. The van der Waals surface area contributed by atoms with E-state index in [2.05, 4.69) is 22.4 Å². The van der Waals surface area contributed by atoms with Crippen LogP contribution in [-0.2, 0) is 57.3 Å². The van der Waals surface area contributed by atoms with Crippen LogP contribution in [-0.4, -0.2) is 26.6 Å². The standard InChI is InChI=1S/Co.6H3N.2Na.2H2O3S2/c;;;;;;;;;2*1-5(2,3)4/h;6*1H3;;;2*(H2,1,2,3,4)/q+2;;;;;;;2*+1;;/p-4. The van der Waals surface area contributed by atoms with Gasteiger partial charge in [-0.1, -0.05) is 0 Å². The Balaban J connectivity index is -0.00000000508. The van der Waals surface area contributed by atoms with Gasteiger partial charge in [-0.25, -0.2) is 0 Å². The molecule has 19 heteroatoms. The van der Waals surface area contributed by atoms with Crippen LogP contribution in [0.3, 0.4) is 0 Å². The zero-order chi connectivity index (χ0) is 9.00. The predicted molar refractivity (Wildman–Crippen MR) is 64.3 cm³/mol. The topological polar surface area (TPSA) is 336 Å². The summed E-state index contributed by atoms with van der Waals surface area (Å²) >= 11 is 6.49. The van der Waals surface area contributed by atoms with Gasteiger partial charge in [0.25, 0.3) is 0 Å². The first-order valence-electron chi connectivity index (χ1n) is 1.33.